The summed E-state index contributed by atoms with van der Waals surface area (Å²) in [5.41, 5.74) is 0.569. The molecule has 0 radical (unpaired) electrons. The maximum atomic E-state index is 11.4. The first-order chi connectivity index (χ1) is 12.6. The minimum Gasteiger partial charge on any atom is -0.481 e. The van der Waals surface area contributed by atoms with Crippen molar-refractivity contribution in [3.05, 3.63) is 0 Å². The van der Waals surface area contributed by atoms with Crippen LogP contribution in [0, 0.1) is 35.0 Å². The van der Waals surface area contributed by atoms with Crippen molar-refractivity contribution in [3.8, 4) is 0 Å². The molecule has 0 aromatic heterocycles. The lowest BCUT2D eigenvalue weighted by molar-refractivity contribution is -0.138. The molecular formula is C24H41O2P. The molecule has 1 N–H and O–H groups in total. The van der Waals surface area contributed by atoms with Gasteiger partial charge in [0.15, 0.2) is 0 Å². The normalized spacial score (nSPS) is 53.1. The van der Waals surface area contributed by atoms with Crippen LogP contribution in [0.4, 0.5) is 0 Å². The Morgan fingerprint density at radius 3 is 2.56 bits per heavy atom. The van der Waals surface area contributed by atoms with Crippen LogP contribution >= 0.6 is 7.92 Å². The van der Waals surface area contributed by atoms with Gasteiger partial charge in [0.25, 0.3) is 0 Å². The topological polar surface area (TPSA) is 37.3 Å². The van der Waals surface area contributed by atoms with E-state index in [9.17, 15) is 9.90 Å². The molecule has 4 rings (SSSR count). The molecule has 2 nitrogen and oxygen atoms in total. The standard InChI is InChI=1S/C24H41O2P/c1-16(14-21(25)26)19-10-13-27-23(19,4)12-9-20-22(3)11-7-6-8-18(22)17(2)15-24(20,27)5/h16-20H,6-15H2,1-5H3,(H,25,26)/t16-,17+,18?,19?,20?,22?,23?,24?,27?/m1/s1. The Morgan fingerprint density at radius 2 is 1.85 bits per heavy atom. The molecule has 3 heteroatoms. The maximum Gasteiger partial charge on any atom is 0.303 e. The zero-order chi connectivity index (χ0) is 19.6. The van der Waals surface area contributed by atoms with Gasteiger partial charge in [-0.3, -0.25) is 4.79 Å². The Labute approximate surface area is 168 Å². The second-order valence-corrected chi connectivity index (χ2v) is 14.8. The third kappa shape index (κ3) is 2.86. The molecule has 0 spiro atoms. The number of aliphatic carboxylic acids is 1. The predicted molar refractivity (Wildman–Crippen MR) is 115 cm³/mol. The second kappa shape index (κ2) is 6.72. The Hall–Kier alpha value is -0.100. The molecule has 2 aliphatic carbocycles. The highest BCUT2D eigenvalue weighted by atomic mass is 31.1. The van der Waals surface area contributed by atoms with E-state index >= 15 is 0 Å². The molecule has 2 saturated carbocycles. The fourth-order valence-corrected chi connectivity index (χ4v) is 14.5. The summed E-state index contributed by atoms with van der Waals surface area (Å²) in [7, 11) is -0.0216. The minimum absolute atomic E-state index is 0.0216. The molecular weight excluding hydrogens is 351 g/mol. The van der Waals surface area contributed by atoms with Crippen LogP contribution in [0.2, 0.25) is 0 Å². The van der Waals surface area contributed by atoms with E-state index in [-0.39, 0.29) is 7.92 Å². The number of hydrogen-bond donors (Lipinski definition) is 1. The summed E-state index contributed by atoms with van der Waals surface area (Å²) in [4.78, 5) is 11.4. The van der Waals surface area contributed by atoms with E-state index in [1.54, 1.807) is 0 Å². The van der Waals surface area contributed by atoms with Crippen LogP contribution in [0.15, 0.2) is 0 Å². The first kappa shape index (κ1) is 20.2. The van der Waals surface area contributed by atoms with E-state index in [0.29, 0.717) is 34.0 Å². The van der Waals surface area contributed by atoms with Crippen molar-refractivity contribution in [2.45, 2.75) is 103 Å². The summed E-state index contributed by atoms with van der Waals surface area (Å²) in [6.07, 6.45) is 13.1. The molecule has 154 valence electrons. The number of carbonyl (C=O) groups is 1. The molecule has 2 saturated heterocycles. The lowest BCUT2D eigenvalue weighted by atomic mass is 9.48. The Bertz CT molecular complexity index is 605. The largest absolute Gasteiger partial charge is 0.481 e. The molecule has 2 aliphatic heterocycles. The van der Waals surface area contributed by atoms with E-state index in [4.69, 9.17) is 0 Å². The van der Waals surface area contributed by atoms with Gasteiger partial charge in [0.2, 0.25) is 0 Å². The van der Waals surface area contributed by atoms with E-state index in [0.717, 1.165) is 17.8 Å². The first-order valence-electron chi connectivity index (χ1n) is 11.6. The zero-order valence-corrected chi connectivity index (χ0v) is 19.2. The number of rotatable bonds is 3. The summed E-state index contributed by atoms with van der Waals surface area (Å²) in [6, 6.07) is 0. The number of carboxylic acid groups (broad SMARTS) is 1. The third-order valence-corrected chi connectivity index (χ3v) is 14.3. The van der Waals surface area contributed by atoms with Crippen LogP contribution in [0.25, 0.3) is 0 Å². The summed E-state index contributed by atoms with van der Waals surface area (Å²) >= 11 is 0. The van der Waals surface area contributed by atoms with Crippen LogP contribution in [0.3, 0.4) is 0 Å². The molecule has 2 heterocycles. The predicted octanol–water partition coefficient (Wildman–Crippen LogP) is 6.76. The van der Waals surface area contributed by atoms with Gasteiger partial charge >= 0.3 is 5.97 Å². The van der Waals surface area contributed by atoms with Gasteiger partial charge in [-0.1, -0.05) is 55.4 Å². The van der Waals surface area contributed by atoms with Crippen molar-refractivity contribution < 1.29 is 9.90 Å². The van der Waals surface area contributed by atoms with Gasteiger partial charge in [-0.05, 0) is 90.0 Å². The summed E-state index contributed by atoms with van der Waals surface area (Å²) in [5, 5.41) is 10.3. The highest BCUT2D eigenvalue weighted by molar-refractivity contribution is 7.61. The maximum absolute atomic E-state index is 11.4. The Morgan fingerprint density at radius 1 is 1.11 bits per heavy atom. The molecule has 4 aliphatic rings. The van der Waals surface area contributed by atoms with E-state index in [1.807, 2.05) is 0 Å². The van der Waals surface area contributed by atoms with E-state index < -0.39 is 5.97 Å². The lowest BCUT2D eigenvalue weighted by Gasteiger charge is -2.67. The van der Waals surface area contributed by atoms with Crippen LogP contribution in [-0.2, 0) is 4.79 Å². The third-order valence-electron chi connectivity index (χ3n) is 10.1. The van der Waals surface area contributed by atoms with Crippen LogP contribution in [0.1, 0.15) is 92.4 Å². The number of hydrogen-bond acceptors (Lipinski definition) is 1. The molecule has 27 heavy (non-hydrogen) atoms. The fourth-order valence-electron chi connectivity index (χ4n) is 9.28. The molecule has 0 bridgehead atoms. The van der Waals surface area contributed by atoms with Gasteiger partial charge in [-0.15, -0.1) is 0 Å². The van der Waals surface area contributed by atoms with Crippen LogP contribution in [-0.4, -0.2) is 27.5 Å². The zero-order valence-electron chi connectivity index (χ0n) is 18.3. The Kier molecular flexibility index (Phi) is 5.02. The highest BCUT2D eigenvalue weighted by Crippen LogP contribution is 2.80. The first-order valence-corrected chi connectivity index (χ1v) is 13.1. The molecule has 7 unspecified atom stereocenters. The smallest absolute Gasteiger partial charge is 0.303 e. The molecule has 0 aromatic carbocycles. The summed E-state index contributed by atoms with van der Waals surface area (Å²) in [5.74, 6) is 3.10. The quantitative estimate of drug-likeness (QED) is 0.539. The van der Waals surface area contributed by atoms with E-state index in [2.05, 4.69) is 34.6 Å². The lowest BCUT2D eigenvalue weighted by Crippen LogP contribution is -2.59. The molecule has 0 aromatic rings. The van der Waals surface area contributed by atoms with Crippen molar-refractivity contribution in [2.24, 2.45) is 35.0 Å². The monoisotopic (exact) mass is 392 g/mol. The molecule has 9 atom stereocenters. The van der Waals surface area contributed by atoms with Gasteiger partial charge in [-0.25, -0.2) is 0 Å². The van der Waals surface area contributed by atoms with Gasteiger partial charge in [0.05, 0.1) is 0 Å². The second-order valence-electron chi connectivity index (χ2n) is 11.5. The fraction of sp³-hybridized carbons (Fsp3) is 0.958. The number of fused-ring (bicyclic) bond motifs is 5. The van der Waals surface area contributed by atoms with E-state index in [1.165, 1.54) is 57.5 Å². The van der Waals surface area contributed by atoms with Crippen molar-refractivity contribution in [2.75, 3.05) is 6.16 Å². The SMILES string of the molecule is C[C@H](CC(=O)O)C1CCP2C1(C)CCC1C3(C)CCCCC3[C@@H](C)CC12C. The van der Waals surface area contributed by atoms with Crippen molar-refractivity contribution in [1.29, 1.82) is 0 Å². The molecule has 0 amide bonds. The average Bonchev–Trinajstić information content (AvgIpc) is 2.92. The Balaban J connectivity index is 1.66. The highest BCUT2D eigenvalue weighted by Gasteiger charge is 2.66. The van der Waals surface area contributed by atoms with Crippen molar-refractivity contribution in [3.63, 3.8) is 0 Å². The number of carboxylic acids is 1. The van der Waals surface area contributed by atoms with Gasteiger partial charge in [0, 0.05) is 6.42 Å². The van der Waals surface area contributed by atoms with Crippen LogP contribution in [0.5, 0.6) is 0 Å². The summed E-state index contributed by atoms with van der Waals surface area (Å²) in [6.45, 7) is 12.7. The summed E-state index contributed by atoms with van der Waals surface area (Å²) < 4.78 is 0. The average molecular weight is 393 g/mol. The van der Waals surface area contributed by atoms with Gasteiger partial charge in [0.1, 0.15) is 0 Å². The molecule has 4 fully saturated rings. The van der Waals surface area contributed by atoms with Crippen molar-refractivity contribution >= 4 is 13.9 Å². The van der Waals surface area contributed by atoms with Crippen LogP contribution < -0.4 is 0 Å². The van der Waals surface area contributed by atoms with Gasteiger partial charge < -0.3 is 5.11 Å². The van der Waals surface area contributed by atoms with Gasteiger partial charge in [-0.2, -0.15) is 0 Å². The van der Waals surface area contributed by atoms with Crippen molar-refractivity contribution in [1.82, 2.24) is 0 Å². The minimum atomic E-state index is -0.605.